The van der Waals surface area contributed by atoms with Crippen LogP contribution in [0, 0.1) is 13.8 Å². The second kappa shape index (κ2) is 12.4. The third kappa shape index (κ3) is 6.35. The molecule has 6 rings (SSSR count). The summed E-state index contributed by atoms with van der Waals surface area (Å²) in [5.41, 5.74) is 12.9. The van der Waals surface area contributed by atoms with Crippen molar-refractivity contribution in [3.8, 4) is 11.1 Å². The van der Waals surface area contributed by atoms with Crippen LogP contribution in [0.15, 0.2) is 168 Å². The van der Waals surface area contributed by atoms with E-state index in [1.165, 1.54) is 11.1 Å². The number of hydrogen-bond donors (Lipinski definition) is 0. The zero-order valence-corrected chi connectivity index (χ0v) is 23.9. The van der Waals surface area contributed by atoms with Crippen LogP contribution >= 0.6 is 0 Å². The van der Waals surface area contributed by atoms with Gasteiger partial charge in [0.05, 0.1) is 22.8 Å². The monoisotopic (exact) mass is 540 g/mol. The van der Waals surface area contributed by atoms with E-state index in [1.54, 1.807) is 0 Å². The van der Waals surface area contributed by atoms with Crippen molar-refractivity contribution < 1.29 is 0 Å². The average Bonchev–Trinajstić information content (AvgIpc) is 3.05. The summed E-state index contributed by atoms with van der Waals surface area (Å²) < 4.78 is 0. The first-order chi connectivity index (χ1) is 20.6. The predicted molar refractivity (Wildman–Crippen MR) is 178 cm³/mol. The van der Waals surface area contributed by atoms with Crippen molar-refractivity contribution in [3.63, 3.8) is 0 Å². The summed E-state index contributed by atoms with van der Waals surface area (Å²) in [6, 6.07) is 54.8. The average molecular weight is 541 g/mol. The minimum Gasteiger partial charge on any atom is -0.248 e. The first-order valence-corrected chi connectivity index (χ1v) is 14.3. The fourth-order valence-electron chi connectivity index (χ4n) is 4.92. The van der Waals surface area contributed by atoms with Crippen LogP contribution in [0.2, 0.25) is 0 Å². The Kier molecular flexibility index (Phi) is 7.96. The first kappa shape index (κ1) is 26.9. The van der Waals surface area contributed by atoms with Gasteiger partial charge in [-0.25, -0.2) is 9.98 Å². The highest BCUT2D eigenvalue weighted by molar-refractivity contribution is 6.15. The van der Waals surface area contributed by atoms with E-state index in [0.717, 1.165) is 56.2 Å². The molecule has 0 aromatic heterocycles. The van der Waals surface area contributed by atoms with Gasteiger partial charge < -0.3 is 0 Å². The number of aliphatic imine (C=N–C) groups is 2. The summed E-state index contributed by atoms with van der Waals surface area (Å²) in [5, 5.41) is 0. The molecule has 0 radical (unpaired) electrons. The molecule has 0 saturated heterocycles. The summed E-state index contributed by atoms with van der Waals surface area (Å²) in [7, 11) is 0. The van der Waals surface area contributed by atoms with E-state index in [4.69, 9.17) is 9.98 Å². The number of rotatable bonds is 7. The summed E-state index contributed by atoms with van der Waals surface area (Å²) >= 11 is 0. The zero-order chi connectivity index (χ0) is 28.7. The molecule has 0 saturated carbocycles. The Morgan fingerprint density at radius 3 is 0.976 bits per heavy atom. The lowest BCUT2D eigenvalue weighted by Crippen LogP contribution is -2.03. The Bertz CT molecular complexity index is 1670. The third-order valence-electron chi connectivity index (χ3n) is 7.29. The Hall–Kier alpha value is -5.34. The molecule has 0 amide bonds. The van der Waals surface area contributed by atoms with Gasteiger partial charge in [-0.1, -0.05) is 145 Å². The first-order valence-electron chi connectivity index (χ1n) is 14.3. The molecule has 0 bridgehead atoms. The molecule has 0 aliphatic carbocycles. The van der Waals surface area contributed by atoms with Gasteiger partial charge in [0, 0.05) is 22.3 Å². The van der Waals surface area contributed by atoms with Crippen molar-refractivity contribution in [3.05, 3.63) is 191 Å². The van der Waals surface area contributed by atoms with Gasteiger partial charge in [0.1, 0.15) is 0 Å². The lowest BCUT2D eigenvalue weighted by atomic mass is 9.96. The maximum Gasteiger partial charge on any atom is 0.0781 e. The number of benzene rings is 6. The van der Waals surface area contributed by atoms with Crippen LogP contribution in [0.3, 0.4) is 0 Å². The Morgan fingerprint density at radius 2 is 0.643 bits per heavy atom. The van der Waals surface area contributed by atoms with Gasteiger partial charge >= 0.3 is 0 Å². The van der Waals surface area contributed by atoms with Crippen LogP contribution in [-0.4, -0.2) is 11.4 Å². The number of nitrogens with zero attached hydrogens (tertiary/aromatic N) is 2. The fourth-order valence-corrected chi connectivity index (χ4v) is 4.92. The van der Waals surface area contributed by atoms with E-state index in [-0.39, 0.29) is 0 Å². The maximum atomic E-state index is 5.05. The second-order valence-corrected chi connectivity index (χ2v) is 10.5. The van der Waals surface area contributed by atoms with E-state index >= 15 is 0 Å². The van der Waals surface area contributed by atoms with Crippen LogP contribution in [-0.2, 0) is 0 Å². The molecule has 2 nitrogen and oxygen atoms in total. The van der Waals surface area contributed by atoms with Gasteiger partial charge in [-0.05, 0) is 49.2 Å². The maximum absolute atomic E-state index is 5.05. The topological polar surface area (TPSA) is 24.7 Å². The van der Waals surface area contributed by atoms with Gasteiger partial charge in [-0.15, -0.1) is 0 Å². The van der Waals surface area contributed by atoms with E-state index < -0.39 is 0 Å². The smallest absolute Gasteiger partial charge is 0.0781 e. The molecule has 0 fully saturated rings. The number of hydrogen-bond acceptors (Lipinski definition) is 2. The Balaban J connectivity index is 1.31. The van der Waals surface area contributed by atoms with E-state index in [0.29, 0.717) is 0 Å². The van der Waals surface area contributed by atoms with Gasteiger partial charge in [0.15, 0.2) is 0 Å². The van der Waals surface area contributed by atoms with Gasteiger partial charge in [0.2, 0.25) is 0 Å². The van der Waals surface area contributed by atoms with Crippen molar-refractivity contribution in [2.75, 3.05) is 0 Å². The van der Waals surface area contributed by atoms with Crippen molar-refractivity contribution in [2.24, 2.45) is 9.98 Å². The Labute approximate surface area is 248 Å². The van der Waals surface area contributed by atoms with Crippen molar-refractivity contribution >= 4 is 22.8 Å². The molecule has 0 N–H and O–H groups in total. The van der Waals surface area contributed by atoms with E-state index in [2.05, 4.69) is 159 Å². The molecule has 0 unspecified atom stereocenters. The van der Waals surface area contributed by atoms with Crippen LogP contribution in [0.1, 0.15) is 33.4 Å². The highest BCUT2D eigenvalue weighted by Gasteiger charge is 2.10. The van der Waals surface area contributed by atoms with Crippen LogP contribution < -0.4 is 0 Å². The molecular formula is C40H32N2. The molecule has 6 aromatic rings. The molecule has 6 aromatic carbocycles. The summed E-state index contributed by atoms with van der Waals surface area (Å²) in [6.45, 7) is 4.19. The second-order valence-electron chi connectivity index (χ2n) is 10.5. The zero-order valence-electron chi connectivity index (χ0n) is 23.9. The Morgan fingerprint density at radius 1 is 0.333 bits per heavy atom. The normalized spacial score (nSPS) is 11.9. The standard InChI is InChI=1S/C40H32N2/c1-29-13-25-37(26-14-29)41-39(33-9-5-3-6-10-33)35-21-17-31(18-22-35)32-19-23-36(24-20-32)40(34-11-7-4-8-12-34)42-38-27-15-30(2)16-28-38/h3-28H,1-2H3. The predicted octanol–water partition coefficient (Wildman–Crippen LogP) is 10.3. The van der Waals surface area contributed by atoms with Crippen molar-refractivity contribution in [1.29, 1.82) is 0 Å². The van der Waals surface area contributed by atoms with Gasteiger partial charge in [-0.3, -0.25) is 0 Å². The van der Waals surface area contributed by atoms with Crippen molar-refractivity contribution in [2.45, 2.75) is 13.8 Å². The lowest BCUT2D eigenvalue weighted by molar-refractivity contribution is 1.42. The minimum absolute atomic E-state index is 0.945. The number of aryl methyl sites for hydroxylation is 2. The molecule has 42 heavy (non-hydrogen) atoms. The molecule has 0 atom stereocenters. The van der Waals surface area contributed by atoms with Gasteiger partial charge in [-0.2, -0.15) is 0 Å². The van der Waals surface area contributed by atoms with E-state index in [9.17, 15) is 0 Å². The molecule has 0 aliphatic heterocycles. The molecule has 0 spiro atoms. The lowest BCUT2D eigenvalue weighted by Gasteiger charge is -2.11. The SMILES string of the molecule is Cc1ccc(N=C(c2ccccc2)c2ccc(-c3ccc(C(=Nc4ccc(C)cc4)c4ccccc4)cc3)cc2)cc1. The fraction of sp³-hybridized carbons (Fsp3) is 0.0500. The molecule has 202 valence electrons. The molecular weight excluding hydrogens is 508 g/mol. The highest BCUT2D eigenvalue weighted by Crippen LogP contribution is 2.25. The van der Waals surface area contributed by atoms with Crippen LogP contribution in [0.5, 0.6) is 0 Å². The molecule has 2 heteroatoms. The molecule has 0 aliphatic rings. The van der Waals surface area contributed by atoms with E-state index in [1.807, 2.05) is 12.1 Å². The summed E-state index contributed by atoms with van der Waals surface area (Å²) in [6.07, 6.45) is 0. The third-order valence-corrected chi connectivity index (χ3v) is 7.29. The summed E-state index contributed by atoms with van der Waals surface area (Å²) in [4.78, 5) is 10.1. The highest BCUT2D eigenvalue weighted by atomic mass is 14.8. The van der Waals surface area contributed by atoms with Crippen LogP contribution in [0.4, 0.5) is 11.4 Å². The summed E-state index contributed by atoms with van der Waals surface area (Å²) in [5.74, 6) is 0. The molecule has 0 heterocycles. The quantitative estimate of drug-likeness (QED) is 0.180. The van der Waals surface area contributed by atoms with Crippen molar-refractivity contribution in [1.82, 2.24) is 0 Å². The van der Waals surface area contributed by atoms with Gasteiger partial charge in [0.25, 0.3) is 0 Å². The van der Waals surface area contributed by atoms with Crippen LogP contribution in [0.25, 0.3) is 11.1 Å². The minimum atomic E-state index is 0.945. The largest absolute Gasteiger partial charge is 0.248 e.